The Labute approximate surface area is 136 Å². The Morgan fingerprint density at radius 2 is 1.74 bits per heavy atom. The number of aliphatic imine (C=N–C) groups is 1. The molecule has 5 nitrogen and oxygen atoms in total. The average Bonchev–Trinajstić information content (AvgIpc) is 2.54. The van der Waals surface area contributed by atoms with Crippen LogP contribution in [0.15, 0.2) is 59.6 Å². The van der Waals surface area contributed by atoms with Crippen LogP contribution in [-0.2, 0) is 4.79 Å². The summed E-state index contributed by atoms with van der Waals surface area (Å²) < 4.78 is 0. The normalized spacial score (nSPS) is 11.3. The van der Waals surface area contributed by atoms with Gasteiger partial charge in [-0.15, -0.1) is 0 Å². The van der Waals surface area contributed by atoms with Crippen LogP contribution in [0, 0.1) is 0 Å². The van der Waals surface area contributed by atoms with Gasteiger partial charge < -0.3 is 16.4 Å². The smallest absolute Gasteiger partial charge is 0.246 e. The lowest BCUT2D eigenvalue weighted by Gasteiger charge is -2.10. The number of nitrogens with two attached hydrogens (primary N) is 1. The minimum Gasteiger partial charge on any atom is -0.370 e. The molecule has 0 atom stereocenters. The second kappa shape index (κ2) is 7.98. The summed E-state index contributed by atoms with van der Waals surface area (Å²) in [6, 6.07) is 17.2. The predicted molar refractivity (Wildman–Crippen MR) is 95.7 cm³/mol. The maximum Gasteiger partial charge on any atom is 0.246 e. The van der Waals surface area contributed by atoms with Crippen molar-refractivity contribution in [1.29, 1.82) is 0 Å². The van der Waals surface area contributed by atoms with Crippen molar-refractivity contribution in [3.63, 3.8) is 0 Å². The summed E-state index contributed by atoms with van der Waals surface area (Å²) >= 11 is 0. The number of carbonyl (C=O) groups is 1. The SMILES string of the molecule is CC(C)c1cccc(NC(N)=NCC(=O)Nc2ccccc2)c1. The molecule has 1 amide bonds. The van der Waals surface area contributed by atoms with Gasteiger partial charge in [0, 0.05) is 11.4 Å². The molecular weight excluding hydrogens is 288 g/mol. The molecule has 0 radical (unpaired) electrons. The third-order valence-corrected chi connectivity index (χ3v) is 3.28. The zero-order valence-corrected chi connectivity index (χ0v) is 13.4. The zero-order valence-electron chi connectivity index (χ0n) is 13.4. The number of para-hydroxylation sites is 1. The monoisotopic (exact) mass is 310 g/mol. The van der Waals surface area contributed by atoms with E-state index in [1.165, 1.54) is 5.56 Å². The molecule has 0 bridgehead atoms. The van der Waals surface area contributed by atoms with Gasteiger partial charge in [-0.2, -0.15) is 0 Å². The first-order valence-corrected chi connectivity index (χ1v) is 7.56. The van der Waals surface area contributed by atoms with Crippen molar-refractivity contribution >= 4 is 23.2 Å². The first-order valence-electron chi connectivity index (χ1n) is 7.56. The van der Waals surface area contributed by atoms with E-state index >= 15 is 0 Å². The maximum atomic E-state index is 11.8. The van der Waals surface area contributed by atoms with E-state index in [0.717, 1.165) is 11.4 Å². The summed E-state index contributed by atoms with van der Waals surface area (Å²) in [5.74, 6) is 0.442. The Morgan fingerprint density at radius 1 is 1.04 bits per heavy atom. The third kappa shape index (κ3) is 5.47. The number of rotatable bonds is 5. The molecule has 0 aliphatic rings. The standard InChI is InChI=1S/C18H22N4O/c1-13(2)14-7-6-10-16(11-14)22-18(19)20-12-17(23)21-15-8-4-3-5-9-15/h3-11,13H,12H2,1-2H3,(H,21,23)(H3,19,20,22). The molecule has 0 aliphatic carbocycles. The van der Waals surface area contributed by atoms with Crippen LogP contribution >= 0.6 is 0 Å². The highest BCUT2D eigenvalue weighted by molar-refractivity contribution is 5.97. The lowest BCUT2D eigenvalue weighted by molar-refractivity contribution is -0.114. The van der Waals surface area contributed by atoms with Gasteiger partial charge in [-0.1, -0.05) is 44.2 Å². The molecule has 0 unspecified atom stereocenters. The fraction of sp³-hybridized carbons (Fsp3) is 0.222. The van der Waals surface area contributed by atoms with Gasteiger partial charge in [-0.25, -0.2) is 4.99 Å². The maximum absolute atomic E-state index is 11.8. The molecular formula is C18H22N4O. The lowest BCUT2D eigenvalue weighted by Crippen LogP contribution is -2.25. The van der Waals surface area contributed by atoms with Gasteiger partial charge in [0.25, 0.3) is 0 Å². The van der Waals surface area contributed by atoms with Crippen LogP contribution in [-0.4, -0.2) is 18.4 Å². The van der Waals surface area contributed by atoms with E-state index in [9.17, 15) is 4.79 Å². The Balaban J connectivity index is 1.90. The highest BCUT2D eigenvalue weighted by Gasteiger charge is 2.03. The zero-order chi connectivity index (χ0) is 16.7. The van der Waals surface area contributed by atoms with Crippen molar-refractivity contribution < 1.29 is 4.79 Å². The van der Waals surface area contributed by atoms with Crippen molar-refractivity contribution in [3.8, 4) is 0 Å². The minimum atomic E-state index is -0.211. The predicted octanol–water partition coefficient (Wildman–Crippen LogP) is 3.18. The summed E-state index contributed by atoms with van der Waals surface area (Å²) in [6.07, 6.45) is 0. The molecule has 0 aliphatic heterocycles. The van der Waals surface area contributed by atoms with E-state index in [1.807, 2.05) is 48.5 Å². The number of hydrogen-bond donors (Lipinski definition) is 3. The summed E-state index contributed by atoms with van der Waals surface area (Å²) in [5.41, 5.74) is 8.65. The molecule has 4 N–H and O–H groups in total. The van der Waals surface area contributed by atoms with Crippen molar-refractivity contribution in [2.24, 2.45) is 10.7 Å². The number of nitrogens with zero attached hydrogens (tertiary/aromatic N) is 1. The van der Waals surface area contributed by atoms with Gasteiger partial charge >= 0.3 is 0 Å². The molecule has 0 heterocycles. The van der Waals surface area contributed by atoms with Gasteiger partial charge in [0.05, 0.1) is 0 Å². The summed E-state index contributed by atoms with van der Waals surface area (Å²) in [6.45, 7) is 4.23. The van der Waals surface area contributed by atoms with Crippen LogP contribution in [0.2, 0.25) is 0 Å². The number of nitrogens with one attached hydrogen (secondary N) is 2. The van der Waals surface area contributed by atoms with Gasteiger partial charge in [0.2, 0.25) is 5.91 Å². The third-order valence-electron chi connectivity index (χ3n) is 3.28. The number of amides is 1. The Hall–Kier alpha value is -2.82. The highest BCUT2D eigenvalue weighted by atomic mass is 16.1. The molecule has 5 heteroatoms. The minimum absolute atomic E-state index is 0.0302. The number of hydrogen-bond acceptors (Lipinski definition) is 2. The first kappa shape index (κ1) is 16.5. The second-order valence-corrected chi connectivity index (χ2v) is 5.52. The largest absolute Gasteiger partial charge is 0.370 e. The molecule has 0 fully saturated rings. The molecule has 0 saturated heterocycles. The van der Waals surface area contributed by atoms with E-state index in [0.29, 0.717) is 5.92 Å². The number of carbonyl (C=O) groups excluding carboxylic acids is 1. The van der Waals surface area contributed by atoms with E-state index in [2.05, 4.69) is 35.5 Å². The average molecular weight is 310 g/mol. The number of guanidine groups is 1. The first-order chi connectivity index (χ1) is 11.0. The van der Waals surface area contributed by atoms with Crippen molar-refractivity contribution in [2.75, 3.05) is 17.2 Å². The quantitative estimate of drug-likeness (QED) is 0.586. The van der Waals surface area contributed by atoms with Crippen molar-refractivity contribution in [3.05, 3.63) is 60.2 Å². The van der Waals surface area contributed by atoms with Crippen LogP contribution in [0.3, 0.4) is 0 Å². The fourth-order valence-electron chi connectivity index (χ4n) is 2.04. The van der Waals surface area contributed by atoms with Crippen LogP contribution < -0.4 is 16.4 Å². The van der Waals surface area contributed by atoms with Gasteiger partial charge in [-0.05, 0) is 35.7 Å². The second-order valence-electron chi connectivity index (χ2n) is 5.52. The van der Waals surface area contributed by atoms with Crippen LogP contribution in [0.1, 0.15) is 25.3 Å². The Bertz CT molecular complexity index is 680. The van der Waals surface area contributed by atoms with Crippen molar-refractivity contribution in [1.82, 2.24) is 0 Å². The molecule has 120 valence electrons. The molecule has 0 saturated carbocycles. The van der Waals surface area contributed by atoms with E-state index in [-0.39, 0.29) is 18.4 Å². The van der Waals surface area contributed by atoms with E-state index in [4.69, 9.17) is 5.73 Å². The van der Waals surface area contributed by atoms with Crippen molar-refractivity contribution in [2.45, 2.75) is 19.8 Å². The van der Waals surface area contributed by atoms with Crippen LogP contribution in [0.25, 0.3) is 0 Å². The molecule has 23 heavy (non-hydrogen) atoms. The van der Waals surface area contributed by atoms with Crippen LogP contribution in [0.5, 0.6) is 0 Å². The summed E-state index contributed by atoms with van der Waals surface area (Å²) in [4.78, 5) is 15.9. The molecule has 0 aromatic heterocycles. The van der Waals surface area contributed by atoms with Crippen LogP contribution in [0.4, 0.5) is 11.4 Å². The number of benzene rings is 2. The van der Waals surface area contributed by atoms with E-state index in [1.54, 1.807) is 0 Å². The summed E-state index contributed by atoms with van der Waals surface area (Å²) in [7, 11) is 0. The van der Waals surface area contributed by atoms with Gasteiger partial charge in [0.1, 0.15) is 6.54 Å². The fourth-order valence-corrected chi connectivity index (χ4v) is 2.04. The number of anilines is 2. The molecule has 2 aromatic rings. The topological polar surface area (TPSA) is 79.5 Å². The lowest BCUT2D eigenvalue weighted by atomic mass is 10.0. The molecule has 0 spiro atoms. The van der Waals surface area contributed by atoms with E-state index < -0.39 is 0 Å². The summed E-state index contributed by atoms with van der Waals surface area (Å²) in [5, 5.41) is 5.76. The highest BCUT2D eigenvalue weighted by Crippen LogP contribution is 2.18. The molecule has 2 aromatic carbocycles. The molecule has 2 rings (SSSR count). The van der Waals surface area contributed by atoms with Gasteiger partial charge in [0.15, 0.2) is 5.96 Å². The Kier molecular flexibility index (Phi) is 5.74. The Morgan fingerprint density at radius 3 is 2.43 bits per heavy atom. The van der Waals surface area contributed by atoms with Gasteiger partial charge in [-0.3, -0.25) is 4.79 Å².